The number of hydrogen-bond donors (Lipinski definition) is 2. The number of nitrogens with one attached hydrogen (secondary N) is 2. The zero-order valence-electron chi connectivity index (χ0n) is 21.3. The van der Waals surface area contributed by atoms with Crippen LogP contribution in [0.15, 0.2) is 57.5 Å². The van der Waals surface area contributed by atoms with E-state index in [1.165, 1.54) is 69.4 Å². The molecule has 2 heterocycles. The molecule has 2 aliphatic heterocycles. The van der Waals surface area contributed by atoms with Gasteiger partial charge in [-0.15, -0.1) is 11.8 Å². The van der Waals surface area contributed by atoms with Crippen molar-refractivity contribution in [3.8, 4) is 0 Å². The van der Waals surface area contributed by atoms with E-state index in [-0.39, 0.29) is 0 Å². The van der Waals surface area contributed by atoms with E-state index in [9.17, 15) is 0 Å². The number of hydrogen-bond acceptors (Lipinski definition) is 4. The molecule has 0 aromatic carbocycles. The fourth-order valence-corrected chi connectivity index (χ4v) is 5.41. The number of allylic oxidation sites excluding steroid dienone is 6. The summed E-state index contributed by atoms with van der Waals surface area (Å²) in [6.07, 6.45) is 16.2. The molecular weight excluding hydrogens is 410 g/mol. The Labute approximate surface area is 202 Å². The number of unbranched alkanes of at least 4 members (excludes halogenated alkanes) is 1. The highest BCUT2D eigenvalue weighted by atomic mass is 32.2. The molecule has 0 radical (unpaired) electrons. The summed E-state index contributed by atoms with van der Waals surface area (Å²) in [5.74, 6) is 0. The van der Waals surface area contributed by atoms with Gasteiger partial charge in [0, 0.05) is 30.7 Å². The number of nitrogens with zero attached hydrogens (tertiary/aromatic N) is 1. The van der Waals surface area contributed by atoms with Gasteiger partial charge in [-0.1, -0.05) is 56.6 Å². The maximum absolute atomic E-state index is 3.70. The number of fused-ring (bicyclic) bond motifs is 1. The summed E-state index contributed by atoms with van der Waals surface area (Å²) in [6.45, 7) is 18.4. The molecule has 0 aromatic rings. The lowest BCUT2D eigenvalue weighted by atomic mass is 9.68. The normalized spacial score (nSPS) is 22.6. The quantitative estimate of drug-likeness (QED) is 0.353. The van der Waals surface area contributed by atoms with E-state index < -0.39 is 0 Å². The van der Waals surface area contributed by atoms with Gasteiger partial charge >= 0.3 is 0 Å². The molecule has 1 atom stereocenters. The fourth-order valence-electron chi connectivity index (χ4n) is 4.86. The lowest BCUT2D eigenvalue weighted by Crippen LogP contribution is -2.50. The molecule has 0 amide bonds. The molecule has 1 fully saturated rings. The molecule has 0 aromatic heterocycles. The number of thioether (sulfide) groups is 1. The van der Waals surface area contributed by atoms with Crippen LogP contribution in [0.4, 0.5) is 0 Å². The second-order valence-electron chi connectivity index (χ2n) is 9.48. The van der Waals surface area contributed by atoms with Gasteiger partial charge in [0.15, 0.2) is 0 Å². The second-order valence-corrected chi connectivity index (χ2v) is 10.3. The molecule has 3 aliphatic rings. The minimum atomic E-state index is 0.322. The van der Waals surface area contributed by atoms with Crippen molar-refractivity contribution in [2.24, 2.45) is 5.41 Å². The van der Waals surface area contributed by atoms with Crippen LogP contribution in [0.1, 0.15) is 73.1 Å². The zero-order valence-corrected chi connectivity index (χ0v) is 22.1. The van der Waals surface area contributed by atoms with Gasteiger partial charge in [0.25, 0.3) is 0 Å². The van der Waals surface area contributed by atoms with Crippen LogP contribution < -0.4 is 10.6 Å². The first kappa shape index (κ1) is 27.0. The molecule has 0 bridgehead atoms. The summed E-state index contributed by atoms with van der Waals surface area (Å²) < 4.78 is 0. The average molecular weight is 458 g/mol. The van der Waals surface area contributed by atoms with E-state index >= 15 is 0 Å². The lowest BCUT2D eigenvalue weighted by molar-refractivity contribution is 0.156. The van der Waals surface area contributed by atoms with Crippen LogP contribution >= 0.6 is 11.8 Å². The molecule has 4 heteroatoms. The van der Waals surface area contributed by atoms with Crippen molar-refractivity contribution < 1.29 is 0 Å². The molecule has 180 valence electrons. The highest BCUT2D eigenvalue weighted by molar-refractivity contribution is 8.04. The standard InChI is InChI=1S/C21H39N3.C7H8S/c1-5-8-10-23-20-14-19-9-11-22-16-21(19,15-18(20)4)17-24(12-6-2)13-7-3;1-7-3-2-5-8-6-4-7/h14,22-23H,5-13,15-17H2,1-4H3;2-6H,1H3. The predicted octanol–water partition coefficient (Wildman–Crippen LogP) is 6.79. The Morgan fingerprint density at radius 3 is 2.59 bits per heavy atom. The first-order valence-corrected chi connectivity index (χ1v) is 13.7. The Hall–Kier alpha value is -1.23. The average Bonchev–Trinajstić information content (AvgIpc) is 3.02. The minimum absolute atomic E-state index is 0.322. The third-order valence-corrected chi connectivity index (χ3v) is 7.08. The van der Waals surface area contributed by atoms with E-state index in [1.807, 2.05) is 0 Å². The Balaban J connectivity index is 0.000000380. The summed E-state index contributed by atoms with van der Waals surface area (Å²) in [5.41, 5.74) is 6.28. The van der Waals surface area contributed by atoms with Gasteiger partial charge in [-0.3, -0.25) is 0 Å². The summed E-state index contributed by atoms with van der Waals surface area (Å²) in [7, 11) is 0. The molecule has 3 nitrogen and oxygen atoms in total. The highest BCUT2D eigenvalue weighted by Gasteiger charge is 2.40. The Morgan fingerprint density at radius 1 is 1.09 bits per heavy atom. The summed E-state index contributed by atoms with van der Waals surface area (Å²) in [6, 6.07) is 0. The Kier molecular flexibility index (Phi) is 12.5. The molecule has 1 saturated heterocycles. The van der Waals surface area contributed by atoms with Crippen LogP contribution in [0, 0.1) is 5.41 Å². The molecule has 0 saturated carbocycles. The van der Waals surface area contributed by atoms with E-state index in [1.54, 1.807) is 22.9 Å². The van der Waals surface area contributed by atoms with Gasteiger partial charge in [-0.05, 0) is 88.1 Å². The zero-order chi connectivity index (χ0) is 23.2. The van der Waals surface area contributed by atoms with Crippen LogP contribution in [0.2, 0.25) is 0 Å². The van der Waals surface area contributed by atoms with Crippen molar-refractivity contribution in [3.05, 3.63) is 57.5 Å². The van der Waals surface area contributed by atoms with Crippen LogP contribution in [0.25, 0.3) is 0 Å². The fraction of sp³-hybridized carbons (Fsp3) is 0.643. The molecule has 3 rings (SSSR count). The van der Waals surface area contributed by atoms with Gasteiger partial charge < -0.3 is 15.5 Å². The van der Waals surface area contributed by atoms with Gasteiger partial charge in [0.05, 0.1) is 0 Å². The first-order chi connectivity index (χ1) is 15.5. The smallest absolute Gasteiger partial charge is 0.0329 e. The Bertz CT molecular complexity index is 710. The largest absolute Gasteiger partial charge is 0.385 e. The summed E-state index contributed by atoms with van der Waals surface area (Å²) in [5, 5.41) is 11.5. The van der Waals surface area contributed by atoms with Gasteiger partial charge in [0.1, 0.15) is 0 Å². The van der Waals surface area contributed by atoms with Crippen LogP contribution in [-0.2, 0) is 0 Å². The monoisotopic (exact) mass is 457 g/mol. The van der Waals surface area contributed by atoms with Gasteiger partial charge in [-0.25, -0.2) is 0 Å². The van der Waals surface area contributed by atoms with Crippen molar-refractivity contribution >= 4 is 11.8 Å². The summed E-state index contributed by atoms with van der Waals surface area (Å²) >= 11 is 1.71. The molecule has 1 aliphatic carbocycles. The van der Waals surface area contributed by atoms with E-state index in [2.05, 4.69) is 85.3 Å². The van der Waals surface area contributed by atoms with Crippen LogP contribution in [0.3, 0.4) is 0 Å². The highest BCUT2D eigenvalue weighted by Crippen LogP contribution is 2.43. The predicted molar refractivity (Wildman–Crippen MR) is 145 cm³/mol. The number of rotatable bonds is 10. The van der Waals surface area contributed by atoms with Crippen molar-refractivity contribution in [2.45, 2.75) is 73.1 Å². The van der Waals surface area contributed by atoms with Crippen LogP contribution in [0.5, 0.6) is 0 Å². The van der Waals surface area contributed by atoms with E-state index in [0.29, 0.717) is 5.41 Å². The van der Waals surface area contributed by atoms with E-state index in [4.69, 9.17) is 0 Å². The van der Waals surface area contributed by atoms with Gasteiger partial charge in [-0.2, -0.15) is 0 Å². The molecular formula is C28H47N3S. The molecule has 0 spiro atoms. The first-order valence-electron chi connectivity index (χ1n) is 12.8. The second kappa shape index (κ2) is 14.8. The van der Waals surface area contributed by atoms with Crippen molar-refractivity contribution in [2.75, 3.05) is 39.3 Å². The summed E-state index contributed by atoms with van der Waals surface area (Å²) in [4.78, 5) is 2.70. The van der Waals surface area contributed by atoms with Gasteiger partial charge in [0.2, 0.25) is 0 Å². The van der Waals surface area contributed by atoms with Crippen molar-refractivity contribution in [1.82, 2.24) is 15.5 Å². The maximum Gasteiger partial charge on any atom is 0.0329 e. The third kappa shape index (κ3) is 8.61. The topological polar surface area (TPSA) is 27.3 Å². The third-order valence-electron chi connectivity index (χ3n) is 6.48. The number of piperidine rings is 1. The molecule has 32 heavy (non-hydrogen) atoms. The lowest BCUT2D eigenvalue weighted by Gasteiger charge is -2.46. The van der Waals surface area contributed by atoms with Crippen molar-refractivity contribution in [1.29, 1.82) is 0 Å². The molecule has 2 N–H and O–H groups in total. The maximum atomic E-state index is 3.70. The van der Waals surface area contributed by atoms with Crippen LogP contribution in [-0.4, -0.2) is 44.2 Å². The minimum Gasteiger partial charge on any atom is -0.385 e. The molecule has 1 unspecified atom stereocenters. The van der Waals surface area contributed by atoms with E-state index in [0.717, 1.165) is 19.6 Å². The van der Waals surface area contributed by atoms with Crippen molar-refractivity contribution in [3.63, 3.8) is 0 Å². The SMILES string of the molecule is CC1=CC=CSC=C1.CCCCNC1=C(C)CC2(CN(CCC)CCC)CNCCC2=C1. The Morgan fingerprint density at radius 2 is 1.88 bits per heavy atom.